The van der Waals surface area contributed by atoms with E-state index in [4.69, 9.17) is 48.0 Å². The third-order valence-electron chi connectivity index (χ3n) is 12.4. The third-order valence-corrected chi connectivity index (χ3v) is 12.4. The number of pyridine rings is 4. The number of nitrogens with zero attached hydrogens (tertiary/aromatic N) is 4. The van der Waals surface area contributed by atoms with Crippen LogP contribution in [0.15, 0.2) is 146 Å². The van der Waals surface area contributed by atoms with Crippen molar-refractivity contribution in [1.29, 1.82) is 0 Å². The second-order valence-electron chi connectivity index (χ2n) is 18.9. The molecule has 0 saturated carbocycles. The molecular formula is C71H94N4+4. The fraction of sp³-hybridized carbons (Fsp3) is 0.380. The minimum absolute atomic E-state index is 0.108. The normalized spacial score (nSPS) is 22.3. The monoisotopic (exact) mass is 1040 g/mol. The van der Waals surface area contributed by atoms with Crippen LogP contribution in [0.1, 0.15) is 195 Å². The molecule has 0 saturated heterocycles. The standard InChI is InChI=1S/3C18H24N.C17H22N/c1-13-7-10-17(19(6)12-13)16-9-8-15(11-14(16)2)18(3,4)5;1-13(2)10-16-7-8-17(15(4)11-16)18-9-6-14(3)12-19(18)5;1-6-14(3)16-8-9-17(15(4)11-16)18-10-7-13(2)12-19(18)5;1-12(2)15-7-8-16(14(4)10-15)17-9-6-13(3)11-18(17)5/h7-12H,1-6H3;6-9,11-13H,10H2,1-5H3;7-12,14H,6H2,1-5H3;6-12H,1-5H3/q4*+1/i1D3,3D3,4D3;1D3,3D3,10D2,13D;1D3,2D3,3D3,14D;1D3,3D3,12D. The van der Waals surface area contributed by atoms with Gasteiger partial charge in [0.2, 0.25) is 22.8 Å². The molecule has 4 heterocycles. The van der Waals surface area contributed by atoms with Gasteiger partial charge in [-0.3, -0.25) is 0 Å². The highest BCUT2D eigenvalue weighted by Gasteiger charge is 2.19. The fourth-order valence-electron chi connectivity index (χ4n) is 8.48. The van der Waals surface area contributed by atoms with Gasteiger partial charge in [-0.15, -0.1) is 0 Å². The van der Waals surface area contributed by atoms with E-state index in [2.05, 4.69) is 0 Å². The van der Waals surface area contributed by atoms with Gasteiger partial charge in [0, 0.05) is 117 Å². The summed E-state index contributed by atoms with van der Waals surface area (Å²) in [5.41, 5.74) is 8.76. The summed E-state index contributed by atoms with van der Waals surface area (Å²) in [6, 6.07) is 32.2. The molecule has 394 valence electrons. The first kappa shape index (κ1) is 27.0. The maximum atomic E-state index is 8.49. The Labute approximate surface area is 505 Å². The number of hydrogen-bond donors (Lipinski definition) is 0. The summed E-state index contributed by atoms with van der Waals surface area (Å²) in [6.45, 7) is -14.0. The third kappa shape index (κ3) is 16.2. The van der Waals surface area contributed by atoms with Gasteiger partial charge in [-0.05, 0) is 184 Å². The van der Waals surface area contributed by atoms with Gasteiger partial charge in [-0.25, -0.2) is 18.3 Å². The van der Waals surface area contributed by atoms with E-state index in [-0.39, 0.29) is 38.9 Å². The number of aryl methyl sites for hydroxylation is 12. The topological polar surface area (TPSA) is 15.5 Å². The van der Waals surface area contributed by atoms with Crippen molar-refractivity contribution in [1.82, 2.24) is 0 Å². The van der Waals surface area contributed by atoms with Crippen molar-refractivity contribution in [2.75, 3.05) is 0 Å². The second-order valence-corrected chi connectivity index (χ2v) is 18.9. The van der Waals surface area contributed by atoms with Gasteiger partial charge >= 0.3 is 0 Å². The summed E-state index contributed by atoms with van der Waals surface area (Å²) in [5, 5.41) is 0. The van der Waals surface area contributed by atoms with Crippen molar-refractivity contribution in [3.63, 3.8) is 0 Å². The van der Waals surface area contributed by atoms with Crippen molar-refractivity contribution in [3.8, 4) is 45.0 Å². The molecule has 8 rings (SSSR count). The highest BCUT2D eigenvalue weighted by atomic mass is 14.9. The fourth-order valence-corrected chi connectivity index (χ4v) is 8.48. The molecule has 0 spiro atoms. The van der Waals surface area contributed by atoms with Crippen LogP contribution in [0, 0.1) is 61.0 Å². The van der Waals surface area contributed by atoms with E-state index in [1.165, 1.54) is 74.9 Å². The predicted molar refractivity (Wildman–Crippen MR) is 320 cm³/mol. The first-order chi connectivity index (χ1) is 49.2. The molecule has 3 unspecified atom stereocenters. The number of aromatic nitrogens is 4. The molecule has 0 bridgehead atoms. The SMILES string of the molecule is [2H]C([2H])([2H])CC([2H])(c1ccc(-c2ccc(C([2H])([2H])[2H])c[n+]2C)c(C)c1)C([2H])([2H])[2H].[2H]C([2H])([2H])c1ccc(-c2ccc(C(C)(C([2H])([2H])[2H])C([2H])([2H])[2H])cc2C)[n+](C)c1.[2H]C([2H])([2H])c1ccc(-c2ccc(C([2H])(C)C([2H])([2H])[2H])cc2C)[n+](C)c1.[2H]C([2H])([2H])c1ccc(-c2ccc(C([2H])([2H])C([2H])(C)C([2H])([2H])[2H])cc2C)[n+](C)c1. The highest BCUT2D eigenvalue weighted by Crippen LogP contribution is 2.30. The lowest BCUT2D eigenvalue weighted by molar-refractivity contribution is -0.660. The summed E-state index contributed by atoms with van der Waals surface area (Å²) in [5.74, 6) is -6.28. The van der Waals surface area contributed by atoms with Gasteiger partial charge in [0.05, 0.1) is 0 Å². The molecule has 3 atom stereocenters. The first-order valence-corrected chi connectivity index (χ1v) is 24.2. The highest BCUT2D eigenvalue weighted by molar-refractivity contribution is 5.64. The molecular weight excluding hydrogens is 909 g/mol. The first-order valence-electron chi connectivity index (χ1n) is 41.7. The van der Waals surface area contributed by atoms with Crippen LogP contribution in [0.3, 0.4) is 0 Å². The van der Waals surface area contributed by atoms with E-state index >= 15 is 0 Å². The van der Waals surface area contributed by atoms with Gasteiger partial charge in [-0.1, -0.05) is 110 Å². The quantitative estimate of drug-likeness (QED) is 0.128. The van der Waals surface area contributed by atoms with Crippen molar-refractivity contribution in [2.45, 2.75) is 147 Å². The van der Waals surface area contributed by atoms with Gasteiger partial charge in [0.1, 0.15) is 28.2 Å². The Morgan fingerprint density at radius 3 is 1.25 bits per heavy atom. The Morgan fingerprint density at radius 2 is 0.893 bits per heavy atom. The number of rotatable bonds is 9. The van der Waals surface area contributed by atoms with Crippen molar-refractivity contribution in [2.24, 2.45) is 34.1 Å². The van der Waals surface area contributed by atoms with Crippen LogP contribution in [0.4, 0.5) is 0 Å². The Morgan fingerprint density at radius 1 is 0.480 bits per heavy atom. The summed E-state index contributed by atoms with van der Waals surface area (Å²) in [6.07, 6.45) is 2.97. The van der Waals surface area contributed by atoms with Crippen LogP contribution in [0.5, 0.6) is 0 Å². The molecule has 0 radical (unpaired) electrons. The summed E-state index contributed by atoms with van der Waals surface area (Å²) < 4.78 is 276. The van der Waals surface area contributed by atoms with E-state index in [0.717, 1.165) is 51.8 Å². The Bertz CT molecular complexity index is 4580. The molecule has 4 aromatic carbocycles. The Hall–Kier alpha value is -6.52. The Kier molecular flexibility index (Phi) is 9.47. The van der Waals surface area contributed by atoms with Gasteiger partial charge in [-0.2, -0.15) is 0 Å². The zero-order chi connectivity index (χ0) is 85.0. The molecule has 4 heteroatoms. The lowest BCUT2D eigenvalue weighted by atomic mass is 9.85. The van der Waals surface area contributed by atoms with Crippen LogP contribution in [0.2, 0.25) is 0 Å². The lowest BCUT2D eigenvalue weighted by Crippen LogP contribution is -2.31. The van der Waals surface area contributed by atoms with Crippen LogP contribution in [-0.2, 0) is 40.0 Å². The molecule has 0 N–H and O–H groups in total. The lowest BCUT2D eigenvalue weighted by Gasteiger charge is -2.20. The van der Waals surface area contributed by atoms with Gasteiger partial charge in [0.15, 0.2) is 24.8 Å². The number of benzene rings is 4. The molecule has 0 aliphatic rings. The molecule has 4 aromatic heterocycles. The largest absolute Gasteiger partial charge is 0.212 e. The zero-order valence-corrected chi connectivity index (χ0v) is 44.9. The van der Waals surface area contributed by atoms with Crippen LogP contribution in [-0.4, -0.2) is 0 Å². The summed E-state index contributed by atoms with van der Waals surface area (Å²) >= 11 is 0. The molecule has 75 heavy (non-hydrogen) atoms. The van der Waals surface area contributed by atoms with Crippen molar-refractivity contribution in [3.05, 3.63) is 213 Å². The van der Waals surface area contributed by atoms with Crippen molar-refractivity contribution >= 4 is 0 Å². The van der Waals surface area contributed by atoms with Crippen molar-refractivity contribution < 1.29 is 66.2 Å². The second kappa shape index (κ2) is 26.3. The average molecular weight is 1040 g/mol. The average Bonchev–Trinajstić information content (AvgIpc) is 0.747. The molecule has 0 aliphatic heterocycles. The molecule has 4 nitrogen and oxygen atoms in total. The minimum Gasteiger partial charge on any atom is -0.201 e. The van der Waals surface area contributed by atoms with Crippen LogP contribution in [0.25, 0.3) is 45.0 Å². The molecule has 8 aromatic rings. The predicted octanol–water partition coefficient (Wildman–Crippen LogP) is 16.3. The molecule has 0 amide bonds. The van der Waals surface area contributed by atoms with E-state index in [1.54, 1.807) is 152 Å². The molecule has 0 aliphatic carbocycles. The molecule has 0 fully saturated rings. The van der Waals surface area contributed by atoms with E-state index < -0.39 is 104 Å². The summed E-state index contributed by atoms with van der Waals surface area (Å²) in [7, 11) is 6.94. The van der Waals surface area contributed by atoms with E-state index in [1.807, 2.05) is 6.92 Å². The number of hydrogen-bond acceptors (Lipinski definition) is 0. The maximum Gasteiger partial charge on any atom is 0.212 e. The Balaban J connectivity index is 0.000000263. The van der Waals surface area contributed by atoms with Gasteiger partial charge < -0.3 is 0 Å². The zero-order valence-electron chi connectivity index (χ0n) is 79.9. The maximum absolute atomic E-state index is 8.49. The van der Waals surface area contributed by atoms with E-state index in [0.29, 0.717) is 27.9 Å². The van der Waals surface area contributed by atoms with Crippen LogP contribution < -0.4 is 18.3 Å². The van der Waals surface area contributed by atoms with Crippen LogP contribution >= 0.6 is 0 Å². The van der Waals surface area contributed by atoms with Gasteiger partial charge in [0.25, 0.3) is 0 Å². The smallest absolute Gasteiger partial charge is 0.201 e. The minimum atomic E-state index is -2.82. The van der Waals surface area contributed by atoms with E-state index in [9.17, 15) is 0 Å². The summed E-state index contributed by atoms with van der Waals surface area (Å²) in [4.78, 5) is 0.